The predicted molar refractivity (Wildman–Crippen MR) is 137 cm³/mol. The highest BCUT2D eigenvalue weighted by atomic mass is 15.2. The number of rotatable bonds is 4. The van der Waals surface area contributed by atoms with Gasteiger partial charge in [-0.25, -0.2) is 4.98 Å². The van der Waals surface area contributed by atoms with Gasteiger partial charge in [-0.1, -0.05) is 106 Å². The summed E-state index contributed by atoms with van der Waals surface area (Å²) in [5, 5.41) is 7.22. The zero-order chi connectivity index (χ0) is 22.8. The number of aromatic amines is 1. The van der Waals surface area contributed by atoms with Crippen LogP contribution in [-0.2, 0) is 5.41 Å². The monoisotopic (exact) mass is 429 g/mol. The first-order valence-corrected chi connectivity index (χ1v) is 11.3. The van der Waals surface area contributed by atoms with E-state index in [0.29, 0.717) is 5.82 Å². The Labute approximate surface area is 195 Å². The number of hydrogen-bond acceptors (Lipinski definition) is 2. The summed E-state index contributed by atoms with van der Waals surface area (Å²) in [4.78, 5) is 4.43. The van der Waals surface area contributed by atoms with Crippen LogP contribution in [0.3, 0.4) is 0 Å². The van der Waals surface area contributed by atoms with Gasteiger partial charge in [-0.05, 0) is 56.5 Å². The molecule has 0 atom stereocenters. The molecule has 3 heteroatoms. The summed E-state index contributed by atoms with van der Waals surface area (Å²) in [6, 6.07) is 34.5. The molecule has 0 amide bonds. The predicted octanol–water partition coefficient (Wildman–Crippen LogP) is 7.77. The third-order valence-corrected chi connectivity index (χ3v) is 5.99. The average molecular weight is 430 g/mol. The minimum Gasteiger partial charge on any atom is -0.265 e. The lowest BCUT2D eigenvalue weighted by molar-refractivity contribution is 0.592. The summed E-state index contributed by atoms with van der Waals surface area (Å²) in [7, 11) is 0. The molecule has 3 nitrogen and oxygen atoms in total. The van der Waals surface area contributed by atoms with Crippen molar-refractivity contribution in [2.45, 2.75) is 26.2 Å². The lowest BCUT2D eigenvalue weighted by Gasteiger charge is -2.26. The fourth-order valence-electron chi connectivity index (χ4n) is 4.33. The molecular weight excluding hydrogens is 402 g/mol. The van der Waals surface area contributed by atoms with E-state index in [-0.39, 0.29) is 5.41 Å². The second-order valence-electron chi connectivity index (χ2n) is 9.33. The van der Waals surface area contributed by atoms with Gasteiger partial charge in [0.1, 0.15) is 6.33 Å². The van der Waals surface area contributed by atoms with E-state index in [1.54, 1.807) is 6.33 Å². The van der Waals surface area contributed by atoms with Crippen molar-refractivity contribution < 1.29 is 0 Å². The molecule has 5 aromatic rings. The molecule has 0 unspecified atom stereocenters. The highest BCUT2D eigenvalue weighted by molar-refractivity contribution is 5.90. The van der Waals surface area contributed by atoms with Gasteiger partial charge in [-0.2, -0.15) is 5.10 Å². The average Bonchev–Trinajstić information content (AvgIpc) is 3.39. The maximum atomic E-state index is 4.43. The molecule has 33 heavy (non-hydrogen) atoms. The minimum atomic E-state index is -0.0593. The van der Waals surface area contributed by atoms with Crippen LogP contribution in [0.2, 0.25) is 0 Å². The van der Waals surface area contributed by atoms with Gasteiger partial charge in [0, 0.05) is 5.56 Å². The Morgan fingerprint density at radius 3 is 1.76 bits per heavy atom. The van der Waals surface area contributed by atoms with Crippen LogP contribution in [0, 0.1) is 0 Å². The van der Waals surface area contributed by atoms with Crippen molar-refractivity contribution in [2.24, 2.45) is 0 Å². The standard InChI is InChI=1S/C30H27N3/c1-30(2,3)27-19-25(29-31-20-32-33-29)18-26(28(27)24-12-8-5-9-13-24)23-16-14-22(15-17-23)21-10-6-4-7-11-21/h4-20H,1-3H3,(H,31,32,33). The Kier molecular flexibility index (Phi) is 5.39. The van der Waals surface area contributed by atoms with E-state index in [0.717, 1.165) is 5.56 Å². The fourth-order valence-corrected chi connectivity index (χ4v) is 4.33. The molecule has 0 aliphatic rings. The fraction of sp³-hybridized carbons (Fsp3) is 0.133. The highest BCUT2D eigenvalue weighted by Gasteiger charge is 2.24. The van der Waals surface area contributed by atoms with Gasteiger partial charge in [0.15, 0.2) is 5.82 Å². The van der Waals surface area contributed by atoms with Gasteiger partial charge < -0.3 is 0 Å². The van der Waals surface area contributed by atoms with Crippen molar-refractivity contribution >= 4 is 0 Å². The highest BCUT2D eigenvalue weighted by Crippen LogP contribution is 2.43. The molecule has 0 aliphatic carbocycles. The van der Waals surface area contributed by atoms with Crippen LogP contribution in [0.4, 0.5) is 0 Å². The second-order valence-corrected chi connectivity index (χ2v) is 9.33. The van der Waals surface area contributed by atoms with Crippen molar-refractivity contribution in [3.8, 4) is 44.8 Å². The van der Waals surface area contributed by atoms with E-state index in [4.69, 9.17) is 0 Å². The quantitative estimate of drug-likeness (QED) is 0.317. The second kappa shape index (κ2) is 8.51. The zero-order valence-corrected chi connectivity index (χ0v) is 19.2. The lowest BCUT2D eigenvalue weighted by atomic mass is 9.77. The van der Waals surface area contributed by atoms with Crippen molar-refractivity contribution in [3.63, 3.8) is 0 Å². The molecule has 0 fully saturated rings. The number of H-pyrrole nitrogens is 1. The largest absolute Gasteiger partial charge is 0.265 e. The summed E-state index contributed by atoms with van der Waals surface area (Å²) in [5.74, 6) is 0.710. The van der Waals surface area contributed by atoms with Crippen molar-refractivity contribution in [3.05, 3.63) is 109 Å². The summed E-state index contributed by atoms with van der Waals surface area (Å²) >= 11 is 0. The number of hydrogen-bond donors (Lipinski definition) is 1. The summed E-state index contributed by atoms with van der Waals surface area (Å²) in [5.41, 5.74) is 9.50. The first-order chi connectivity index (χ1) is 16.0. The van der Waals surface area contributed by atoms with Gasteiger partial charge >= 0.3 is 0 Å². The first-order valence-electron chi connectivity index (χ1n) is 11.3. The van der Waals surface area contributed by atoms with Crippen LogP contribution in [0.15, 0.2) is 103 Å². The Morgan fingerprint density at radius 1 is 0.606 bits per heavy atom. The molecule has 0 radical (unpaired) electrons. The molecule has 0 aliphatic heterocycles. The third kappa shape index (κ3) is 4.22. The van der Waals surface area contributed by atoms with Crippen molar-refractivity contribution in [1.82, 2.24) is 15.2 Å². The third-order valence-electron chi connectivity index (χ3n) is 5.99. The van der Waals surface area contributed by atoms with Crippen molar-refractivity contribution in [1.29, 1.82) is 0 Å². The molecule has 0 saturated carbocycles. The number of benzene rings is 4. The number of aromatic nitrogens is 3. The molecule has 0 bridgehead atoms. The molecule has 1 aromatic heterocycles. The molecule has 4 aromatic carbocycles. The molecule has 5 rings (SSSR count). The molecule has 0 spiro atoms. The Bertz CT molecular complexity index is 1350. The zero-order valence-electron chi connectivity index (χ0n) is 19.2. The van der Waals surface area contributed by atoms with Gasteiger partial charge in [0.25, 0.3) is 0 Å². The topological polar surface area (TPSA) is 41.6 Å². The molecule has 1 heterocycles. The normalized spacial score (nSPS) is 11.5. The number of nitrogens with zero attached hydrogens (tertiary/aromatic N) is 2. The Balaban J connectivity index is 1.75. The van der Waals surface area contributed by atoms with Gasteiger partial charge in [0.2, 0.25) is 0 Å². The van der Waals surface area contributed by atoms with E-state index in [9.17, 15) is 0 Å². The van der Waals surface area contributed by atoms with Crippen LogP contribution < -0.4 is 0 Å². The summed E-state index contributed by atoms with van der Waals surface area (Å²) in [6.07, 6.45) is 1.63. The SMILES string of the molecule is CC(C)(C)c1cc(-c2nc[nH]n2)cc(-c2ccc(-c3ccccc3)cc2)c1-c1ccccc1. The van der Waals surface area contributed by atoms with E-state index < -0.39 is 0 Å². The Morgan fingerprint density at radius 2 is 1.18 bits per heavy atom. The molecule has 162 valence electrons. The van der Waals surface area contributed by atoms with Crippen molar-refractivity contribution in [2.75, 3.05) is 0 Å². The van der Waals surface area contributed by atoms with E-state index in [1.807, 2.05) is 6.07 Å². The van der Waals surface area contributed by atoms with Crippen LogP contribution in [-0.4, -0.2) is 15.2 Å². The van der Waals surface area contributed by atoms with Gasteiger partial charge in [-0.3, -0.25) is 5.10 Å². The van der Waals surface area contributed by atoms with Gasteiger partial charge in [-0.15, -0.1) is 0 Å². The molecular formula is C30H27N3. The van der Waals surface area contributed by atoms with Crippen LogP contribution >= 0.6 is 0 Å². The summed E-state index contributed by atoms with van der Waals surface area (Å²) < 4.78 is 0. The maximum Gasteiger partial charge on any atom is 0.180 e. The molecule has 0 saturated heterocycles. The smallest absolute Gasteiger partial charge is 0.180 e. The minimum absolute atomic E-state index is 0.0593. The van der Waals surface area contributed by atoms with E-state index >= 15 is 0 Å². The number of nitrogens with one attached hydrogen (secondary N) is 1. The molecule has 1 N–H and O–H groups in total. The van der Waals surface area contributed by atoms with Gasteiger partial charge in [0.05, 0.1) is 0 Å². The lowest BCUT2D eigenvalue weighted by Crippen LogP contribution is -2.14. The van der Waals surface area contributed by atoms with Crippen LogP contribution in [0.25, 0.3) is 44.8 Å². The maximum absolute atomic E-state index is 4.43. The summed E-state index contributed by atoms with van der Waals surface area (Å²) in [6.45, 7) is 6.79. The first kappa shape index (κ1) is 20.9. The van der Waals surface area contributed by atoms with E-state index in [1.165, 1.54) is 38.9 Å². The van der Waals surface area contributed by atoms with E-state index in [2.05, 4.69) is 127 Å². The van der Waals surface area contributed by atoms with Crippen LogP contribution in [0.5, 0.6) is 0 Å². The van der Waals surface area contributed by atoms with Crippen LogP contribution in [0.1, 0.15) is 26.3 Å². The Hall–Kier alpha value is -3.98.